The Morgan fingerprint density at radius 1 is 1.05 bits per heavy atom. The lowest BCUT2D eigenvalue weighted by Gasteiger charge is -2.10. The van der Waals surface area contributed by atoms with Crippen molar-refractivity contribution in [3.63, 3.8) is 0 Å². The van der Waals surface area contributed by atoms with Crippen molar-refractivity contribution < 1.29 is 14.4 Å². The number of hydrogen-bond donors (Lipinski definition) is 2. The zero-order valence-electron chi connectivity index (χ0n) is 11.9. The Kier molecular flexibility index (Phi) is 4.87. The third-order valence-corrected chi connectivity index (χ3v) is 2.76. The molecular weight excluding hydrogens is 282 g/mol. The van der Waals surface area contributed by atoms with E-state index in [1.165, 1.54) is 6.92 Å². The average Bonchev–Trinajstić information content (AvgIpc) is 2.54. The average molecular weight is 297 g/mol. The van der Waals surface area contributed by atoms with Gasteiger partial charge in [0.15, 0.2) is 5.84 Å². The molecule has 0 unspecified atom stereocenters. The van der Waals surface area contributed by atoms with Gasteiger partial charge in [-0.3, -0.25) is 4.79 Å². The van der Waals surface area contributed by atoms with E-state index in [0.717, 1.165) is 0 Å². The van der Waals surface area contributed by atoms with Gasteiger partial charge in [0.1, 0.15) is 0 Å². The number of amides is 1. The molecule has 112 valence electrons. The maximum atomic E-state index is 12.2. The summed E-state index contributed by atoms with van der Waals surface area (Å²) < 4.78 is 0. The van der Waals surface area contributed by atoms with Crippen molar-refractivity contribution in [3.8, 4) is 0 Å². The molecule has 6 nitrogen and oxygen atoms in total. The normalized spacial score (nSPS) is 10.9. The number of hydrogen-bond acceptors (Lipinski definition) is 4. The van der Waals surface area contributed by atoms with Crippen LogP contribution in [0.1, 0.15) is 22.8 Å². The van der Waals surface area contributed by atoms with E-state index < -0.39 is 5.97 Å². The third-order valence-electron chi connectivity index (χ3n) is 2.76. The number of amidine groups is 1. The minimum absolute atomic E-state index is 0.000776. The van der Waals surface area contributed by atoms with Gasteiger partial charge in [-0.15, -0.1) is 0 Å². The fourth-order valence-corrected chi connectivity index (χ4v) is 1.76. The van der Waals surface area contributed by atoms with Gasteiger partial charge in [0.25, 0.3) is 5.91 Å². The predicted octanol–water partition coefficient (Wildman–Crippen LogP) is 2.12. The van der Waals surface area contributed by atoms with Crippen LogP contribution in [0.2, 0.25) is 0 Å². The van der Waals surface area contributed by atoms with Crippen molar-refractivity contribution in [2.45, 2.75) is 6.92 Å². The van der Waals surface area contributed by atoms with Gasteiger partial charge in [0.05, 0.1) is 5.69 Å². The zero-order valence-corrected chi connectivity index (χ0v) is 11.9. The van der Waals surface area contributed by atoms with Crippen molar-refractivity contribution in [2.75, 3.05) is 5.32 Å². The van der Waals surface area contributed by atoms with E-state index in [-0.39, 0.29) is 11.7 Å². The molecule has 0 aromatic heterocycles. The SMILES string of the molecule is CC(=O)O/N=C(\N)c1ccccc1NC(=O)c1ccccc1. The molecule has 2 aromatic rings. The summed E-state index contributed by atoms with van der Waals surface area (Å²) >= 11 is 0. The Hall–Kier alpha value is -3.15. The Morgan fingerprint density at radius 2 is 1.68 bits per heavy atom. The van der Waals surface area contributed by atoms with Crippen LogP contribution < -0.4 is 11.1 Å². The summed E-state index contributed by atoms with van der Waals surface area (Å²) in [5.74, 6) is -0.846. The smallest absolute Gasteiger partial charge is 0.332 e. The molecule has 0 saturated carbocycles. The van der Waals surface area contributed by atoms with E-state index in [1.807, 2.05) is 6.07 Å². The number of carbonyl (C=O) groups is 2. The standard InChI is InChI=1S/C16H15N3O3/c1-11(20)22-19-15(17)13-9-5-6-10-14(13)18-16(21)12-7-3-2-4-8-12/h2-10H,1H3,(H2,17,19)(H,18,21). The molecule has 1 amide bonds. The fourth-order valence-electron chi connectivity index (χ4n) is 1.76. The topological polar surface area (TPSA) is 93.8 Å². The number of nitrogens with one attached hydrogen (secondary N) is 1. The minimum Gasteiger partial charge on any atom is -0.380 e. The summed E-state index contributed by atoms with van der Waals surface area (Å²) in [6.45, 7) is 1.22. The maximum Gasteiger partial charge on any atom is 0.332 e. The predicted molar refractivity (Wildman–Crippen MR) is 83.3 cm³/mol. The van der Waals surface area contributed by atoms with Gasteiger partial charge in [0.2, 0.25) is 0 Å². The molecule has 0 radical (unpaired) electrons. The van der Waals surface area contributed by atoms with Crippen molar-refractivity contribution in [1.82, 2.24) is 0 Å². The van der Waals surface area contributed by atoms with Gasteiger partial charge in [-0.25, -0.2) is 4.79 Å². The summed E-state index contributed by atoms with van der Waals surface area (Å²) in [5.41, 5.74) is 7.24. The summed E-state index contributed by atoms with van der Waals surface area (Å²) in [6.07, 6.45) is 0. The molecule has 6 heteroatoms. The molecule has 0 bridgehead atoms. The lowest BCUT2D eigenvalue weighted by Crippen LogP contribution is -2.19. The van der Waals surface area contributed by atoms with Crippen molar-refractivity contribution >= 4 is 23.4 Å². The number of nitrogens with two attached hydrogens (primary N) is 1. The van der Waals surface area contributed by atoms with Crippen molar-refractivity contribution in [2.24, 2.45) is 10.9 Å². The van der Waals surface area contributed by atoms with Gasteiger partial charge >= 0.3 is 5.97 Å². The zero-order chi connectivity index (χ0) is 15.9. The van der Waals surface area contributed by atoms with Crippen LogP contribution >= 0.6 is 0 Å². The largest absolute Gasteiger partial charge is 0.380 e. The lowest BCUT2D eigenvalue weighted by atomic mass is 10.1. The third kappa shape index (κ3) is 3.92. The first kappa shape index (κ1) is 15.2. The quantitative estimate of drug-likeness (QED) is 0.391. The van der Waals surface area contributed by atoms with Gasteiger partial charge in [-0.05, 0) is 24.3 Å². The highest BCUT2D eigenvalue weighted by molar-refractivity contribution is 6.09. The number of para-hydroxylation sites is 1. The number of rotatable bonds is 4. The Morgan fingerprint density at radius 3 is 2.36 bits per heavy atom. The molecule has 2 aromatic carbocycles. The van der Waals surface area contributed by atoms with E-state index in [1.54, 1.807) is 48.5 Å². The number of nitrogens with zero attached hydrogens (tertiary/aromatic N) is 1. The van der Waals surface area contributed by atoms with E-state index >= 15 is 0 Å². The van der Waals surface area contributed by atoms with Gasteiger partial charge in [0, 0.05) is 18.1 Å². The Balaban J connectivity index is 2.23. The monoisotopic (exact) mass is 297 g/mol. The molecule has 22 heavy (non-hydrogen) atoms. The van der Waals surface area contributed by atoms with E-state index in [4.69, 9.17) is 5.73 Å². The van der Waals surface area contributed by atoms with Crippen LogP contribution in [-0.4, -0.2) is 17.7 Å². The van der Waals surface area contributed by atoms with Crippen LogP contribution in [0.4, 0.5) is 5.69 Å². The van der Waals surface area contributed by atoms with Gasteiger partial charge in [-0.1, -0.05) is 35.5 Å². The molecule has 0 aliphatic carbocycles. The first-order valence-electron chi connectivity index (χ1n) is 6.55. The Bertz CT molecular complexity index is 712. The molecule has 0 atom stereocenters. The molecule has 2 rings (SSSR count). The number of oxime groups is 1. The molecule has 0 spiro atoms. The van der Waals surface area contributed by atoms with Crippen LogP contribution in [0.5, 0.6) is 0 Å². The minimum atomic E-state index is -0.575. The molecule has 0 heterocycles. The van der Waals surface area contributed by atoms with Crippen LogP contribution in [0.3, 0.4) is 0 Å². The molecular formula is C16H15N3O3. The summed E-state index contributed by atoms with van der Waals surface area (Å²) in [6, 6.07) is 15.6. The van der Waals surface area contributed by atoms with Crippen LogP contribution in [0, 0.1) is 0 Å². The first-order valence-corrected chi connectivity index (χ1v) is 6.55. The number of benzene rings is 2. The highest BCUT2D eigenvalue weighted by atomic mass is 16.7. The van der Waals surface area contributed by atoms with Crippen LogP contribution in [0.15, 0.2) is 59.8 Å². The van der Waals surface area contributed by atoms with Crippen molar-refractivity contribution in [1.29, 1.82) is 0 Å². The first-order chi connectivity index (χ1) is 10.6. The molecule has 3 N–H and O–H groups in total. The van der Waals surface area contributed by atoms with E-state index in [2.05, 4.69) is 15.3 Å². The number of anilines is 1. The second-order valence-electron chi connectivity index (χ2n) is 4.43. The maximum absolute atomic E-state index is 12.2. The fraction of sp³-hybridized carbons (Fsp3) is 0.0625. The van der Waals surface area contributed by atoms with E-state index in [0.29, 0.717) is 16.8 Å². The summed E-state index contributed by atoms with van der Waals surface area (Å²) in [4.78, 5) is 27.5. The highest BCUT2D eigenvalue weighted by Crippen LogP contribution is 2.16. The second-order valence-corrected chi connectivity index (χ2v) is 4.43. The lowest BCUT2D eigenvalue weighted by molar-refractivity contribution is -0.140. The summed E-state index contributed by atoms with van der Waals surface area (Å²) in [5, 5.41) is 6.28. The van der Waals surface area contributed by atoms with Gasteiger partial charge in [-0.2, -0.15) is 0 Å². The number of carbonyl (C=O) groups excluding carboxylic acids is 2. The Labute approximate surface area is 127 Å². The summed E-state index contributed by atoms with van der Waals surface area (Å²) in [7, 11) is 0. The molecule has 0 fully saturated rings. The van der Waals surface area contributed by atoms with Crippen molar-refractivity contribution in [3.05, 3.63) is 65.7 Å². The highest BCUT2D eigenvalue weighted by Gasteiger charge is 2.11. The molecule has 0 aliphatic rings. The second kappa shape index (κ2) is 7.03. The van der Waals surface area contributed by atoms with E-state index in [9.17, 15) is 9.59 Å². The molecule has 0 saturated heterocycles. The van der Waals surface area contributed by atoms with Crippen LogP contribution in [-0.2, 0) is 9.63 Å². The van der Waals surface area contributed by atoms with Gasteiger partial charge < -0.3 is 15.9 Å². The molecule has 0 aliphatic heterocycles. The van der Waals surface area contributed by atoms with Crippen LogP contribution in [0.25, 0.3) is 0 Å².